The van der Waals surface area contributed by atoms with Gasteiger partial charge in [0, 0.05) is 20.2 Å². The van der Waals surface area contributed by atoms with E-state index in [-0.39, 0.29) is 20.2 Å². The van der Waals surface area contributed by atoms with Crippen LogP contribution in [0.5, 0.6) is 5.75 Å². The first-order chi connectivity index (χ1) is 17.0. The van der Waals surface area contributed by atoms with Crippen molar-refractivity contribution < 1.29 is 23.9 Å². The fourth-order valence-electron chi connectivity index (χ4n) is 4.62. The van der Waals surface area contributed by atoms with E-state index in [1.807, 2.05) is 0 Å². The molecule has 2 aromatic rings. The van der Waals surface area contributed by atoms with Crippen LogP contribution in [0.2, 0.25) is 10.0 Å². The molecule has 36 heavy (non-hydrogen) atoms. The molecule has 0 spiro atoms. The molecule has 5 atom stereocenters. The van der Waals surface area contributed by atoms with Gasteiger partial charge in [0.25, 0.3) is 17.7 Å². The van der Waals surface area contributed by atoms with Crippen LogP contribution in [0.1, 0.15) is 40.5 Å². The Morgan fingerprint density at radius 1 is 1.00 bits per heavy atom. The van der Waals surface area contributed by atoms with Crippen LogP contribution in [-0.4, -0.2) is 56.3 Å². The summed E-state index contributed by atoms with van der Waals surface area (Å²) in [7, 11) is 1.51. The van der Waals surface area contributed by atoms with Gasteiger partial charge in [-0.25, -0.2) is 5.01 Å². The van der Waals surface area contributed by atoms with E-state index in [2.05, 4.69) is 31.9 Å². The molecule has 0 radical (unpaired) electrons. The average Bonchev–Trinajstić information content (AvgIpc) is 3.08. The van der Waals surface area contributed by atoms with E-state index in [0.717, 1.165) is 10.0 Å². The van der Waals surface area contributed by atoms with Gasteiger partial charge in [-0.15, -0.1) is 0 Å². The number of alkyl halides is 2. The summed E-state index contributed by atoms with van der Waals surface area (Å²) in [4.78, 5) is 54.4. The number of hydrazine groups is 1. The first-order valence-electron chi connectivity index (χ1n) is 11.2. The standard InChI is InChI=1S/C25H22Br2Cl2N2O5/c1-12(22(32)13-3-6-15(36-2)7-4-13)30(23(33)16-8-5-14(28)9-21(16)29)31-24(34)17-10-19(26)20(27)11-18(17)25(31)35/h3-9,12,17-20H,10-11H2,1-2H3/t12-,17-,18+,19+,20-/m0/s1. The van der Waals surface area contributed by atoms with Crippen molar-refractivity contribution in [3.8, 4) is 5.75 Å². The number of fused-ring (bicyclic) bond motifs is 1. The number of amides is 3. The van der Waals surface area contributed by atoms with Gasteiger partial charge in [-0.2, -0.15) is 5.01 Å². The lowest BCUT2D eigenvalue weighted by molar-refractivity contribution is -0.156. The molecule has 190 valence electrons. The maximum absolute atomic E-state index is 13.8. The molecule has 1 aliphatic carbocycles. The minimum Gasteiger partial charge on any atom is -0.497 e. The molecule has 2 fully saturated rings. The number of ketones is 1. The maximum atomic E-state index is 13.8. The Bertz CT molecular complexity index is 1200. The molecule has 11 heteroatoms. The van der Waals surface area contributed by atoms with E-state index >= 15 is 0 Å². The number of benzene rings is 2. The number of nitrogens with zero attached hydrogens (tertiary/aromatic N) is 2. The van der Waals surface area contributed by atoms with Crippen molar-refractivity contribution in [3.63, 3.8) is 0 Å². The zero-order valence-corrected chi connectivity index (χ0v) is 24.0. The van der Waals surface area contributed by atoms with Crippen LogP contribution in [0.4, 0.5) is 0 Å². The summed E-state index contributed by atoms with van der Waals surface area (Å²) in [5.41, 5.74) is 0.309. The van der Waals surface area contributed by atoms with E-state index in [1.54, 1.807) is 24.3 Å². The Kier molecular flexibility index (Phi) is 8.14. The van der Waals surface area contributed by atoms with Gasteiger partial charge in [-0.3, -0.25) is 19.2 Å². The number of ether oxygens (including phenoxy) is 1. The van der Waals surface area contributed by atoms with Gasteiger partial charge in [0.2, 0.25) is 0 Å². The number of imide groups is 1. The molecule has 4 rings (SSSR count). The predicted molar refractivity (Wildman–Crippen MR) is 143 cm³/mol. The minimum atomic E-state index is -1.19. The van der Waals surface area contributed by atoms with E-state index in [1.165, 1.54) is 32.2 Å². The summed E-state index contributed by atoms with van der Waals surface area (Å²) in [6, 6.07) is 9.46. The number of rotatable bonds is 6. The molecular weight excluding hydrogens is 639 g/mol. The zero-order valence-electron chi connectivity index (χ0n) is 19.3. The largest absolute Gasteiger partial charge is 0.497 e. The Hall–Kier alpha value is -1.94. The SMILES string of the molecule is COc1ccc(C(=O)[C@H](C)N(C(=O)c2ccc(Cl)cc2Cl)N2C(=O)[C@H]3C[C@@H](Br)[C@@H](Br)C[C@H]3C2=O)cc1. The molecule has 1 aliphatic heterocycles. The van der Waals surface area contributed by atoms with Gasteiger partial charge in [0.1, 0.15) is 11.8 Å². The number of Topliss-reactive ketones (excluding diaryl/α,β-unsaturated/α-hetero) is 1. The summed E-state index contributed by atoms with van der Waals surface area (Å²) in [6.45, 7) is 1.48. The van der Waals surface area contributed by atoms with Crippen molar-refractivity contribution in [2.24, 2.45) is 11.8 Å². The van der Waals surface area contributed by atoms with E-state index in [9.17, 15) is 19.2 Å². The van der Waals surface area contributed by atoms with Crippen molar-refractivity contribution in [2.45, 2.75) is 35.5 Å². The Balaban J connectivity index is 1.76. The molecule has 0 N–H and O–H groups in total. The fraction of sp³-hybridized carbons (Fsp3) is 0.360. The van der Waals surface area contributed by atoms with Crippen LogP contribution >= 0.6 is 55.1 Å². The van der Waals surface area contributed by atoms with Crippen molar-refractivity contribution in [3.05, 3.63) is 63.6 Å². The highest BCUT2D eigenvalue weighted by Gasteiger charge is 2.55. The summed E-state index contributed by atoms with van der Waals surface area (Å²) in [5.74, 6) is -2.88. The van der Waals surface area contributed by atoms with Gasteiger partial charge in [-0.1, -0.05) is 55.1 Å². The molecule has 2 aliphatic rings. The lowest BCUT2D eigenvalue weighted by atomic mass is 9.81. The highest BCUT2D eigenvalue weighted by Crippen LogP contribution is 2.44. The van der Waals surface area contributed by atoms with Crippen LogP contribution < -0.4 is 4.74 Å². The third-order valence-corrected chi connectivity index (χ3v) is 9.88. The number of carbonyl (C=O) groups is 4. The Morgan fingerprint density at radius 3 is 2.06 bits per heavy atom. The summed E-state index contributed by atoms with van der Waals surface area (Å²) in [5, 5.41) is 2.15. The van der Waals surface area contributed by atoms with Crippen LogP contribution in [-0.2, 0) is 9.59 Å². The highest BCUT2D eigenvalue weighted by molar-refractivity contribution is 9.12. The minimum absolute atomic E-state index is 0.0105. The molecule has 3 amide bonds. The summed E-state index contributed by atoms with van der Waals surface area (Å²) < 4.78 is 5.15. The number of carbonyl (C=O) groups excluding carboxylic acids is 4. The first-order valence-corrected chi connectivity index (χ1v) is 13.8. The van der Waals surface area contributed by atoms with Gasteiger partial charge in [0.05, 0.1) is 29.5 Å². The summed E-state index contributed by atoms with van der Waals surface area (Å²) >= 11 is 19.4. The van der Waals surface area contributed by atoms with Crippen LogP contribution in [0.15, 0.2) is 42.5 Å². The number of hydrogen-bond acceptors (Lipinski definition) is 5. The quantitative estimate of drug-likeness (QED) is 0.231. The number of halogens is 4. The topological polar surface area (TPSA) is 84.0 Å². The Labute approximate surface area is 235 Å². The molecule has 1 saturated carbocycles. The lowest BCUT2D eigenvalue weighted by Gasteiger charge is -2.35. The molecule has 0 bridgehead atoms. The molecule has 2 aromatic carbocycles. The van der Waals surface area contributed by atoms with Crippen molar-refractivity contribution in [1.29, 1.82) is 0 Å². The molecule has 1 heterocycles. The monoisotopic (exact) mass is 658 g/mol. The molecule has 7 nitrogen and oxygen atoms in total. The van der Waals surface area contributed by atoms with E-state index in [0.29, 0.717) is 29.2 Å². The van der Waals surface area contributed by atoms with E-state index < -0.39 is 41.4 Å². The fourth-order valence-corrected chi connectivity index (χ4v) is 6.35. The molecule has 0 aromatic heterocycles. The van der Waals surface area contributed by atoms with Gasteiger partial charge >= 0.3 is 0 Å². The second-order valence-electron chi connectivity index (χ2n) is 8.75. The van der Waals surface area contributed by atoms with Gasteiger partial charge < -0.3 is 4.74 Å². The van der Waals surface area contributed by atoms with Gasteiger partial charge in [-0.05, 0) is 62.2 Å². The number of hydrogen-bond donors (Lipinski definition) is 0. The highest BCUT2D eigenvalue weighted by atomic mass is 79.9. The second kappa shape index (κ2) is 10.8. The van der Waals surface area contributed by atoms with Crippen molar-refractivity contribution >= 4 is 78.6 Å². The molecular formula is C25H22Br2Cl2N2O5. The molecule has 0 unspecified atom stereocenters. The third kappa shape index (κ3) is 4.95. The van der Waals surface area contributed by atoms with Crippen LogP contribution in [0.25, 0.3) is 0 Å². The van der Waals surface area contributed by atoms with Crippen LogP contribution in [0.3, 0.4) is 0 Å². The van der Waals surface area contributed by atoms with Gasteiger partial charge in [0.15, 0.2) is 5.78 Å². The maximum Gasteiger partial charge on any atom is 0.275 e. The van der Waals surface area contributed by atoms with Crippen molar-refractivity contribution in [1.82, 2.24) is 10.0 Å². The smallest absolute Gasteiger partial charge is 0.275 e. The normalized spacial score (nSPS) is 24.3. The lowest BCUT2D eigenvalue weighted by Crippen LogP contribution is -2.56. The number of methoxy groups -OCH3 is 1. The van der Waals surface area contributed by atoms with E-state index in [4.69, 9.17) is 27.9 Å². The second-order valence-corrected chi connectivity index (χ2v) is 11.9. The zero-order chi connectivity index (χ0) is 26.3. The first kappa shape index (κ1) is 27.1. The molecule has 1 saturated heterocycles. The van der Waals surface area contributed by atoms with Crippen LogP contribution in [0, 0.1) is 11.8 Å². The third-order valence-electron chi connectivity index (χ3n) is 6.59. The average molecular weight is 661 g/mol. The summed E-state index contributed by atoms with van der Waals surface area (Å²) in [6.07, 6.45) is 0.846. The predicted octanol–water partition coefficient (Wildman–Crippen LogP) is 5.55. The van der Waals surface area contributed by atoms with Crippen molar-refractivity contribution in [2.75, 3.05) is 7.11 Å². The Morgan fingerprint density at radius 2 is 1.56 bits per heavy atom.